The van der Waals surface area contributed by atoms with E-state index in [9.17, 15) is 4.55 Å². The minimum absolute atomic E-state index is 0.302. The summed E-state index contributed by atoms with van der Waals surface area (Å²) in [4.78, 5) is 4.30. The Hall–Kier alpha value is -0.550. The summed E-state index contributed by atoms with van der Waals surface area (Å²) in [5.74, 6) is 0. The fourth-order valence-electron chi connectivity index (χ4n) is 2.37. The summed E-state index contributed by atoms with van der Waals surface area (Å²) < 4.78 is 15.4. The van der Waals surface area contributed by atoms with Crippen molar-refractivity contribution in [2.75, 3.05) is 0 Å². The van der Waals surface area contributed by atoms with E-state index >= 15 is 0 Å². The molecule has 2 atom stereocenters. The summed E-state index contributed by atoms with van der Waals surface area (Å²) in [6.07, 6.45) is 3.40. The van der Waals surface area contributed by atoms with Crippen LogP contribution in [0.25, 0.3) is 6.08 Å². The number of halogens is 1. The highest BCUT2D eigenvalue weighted by Gasteiger charge is 2.42. The lowest BCUT2D eigenvalue weighted by Gasteiger charge is -2.33. The van der Waals surface area contributed by atoms with Crippen molar-refractivity contribution in [3.05, 3.63) is 34.6 Å². The smallest absolute Gasteiger partial charge is 0.136 e. The summed E-state index contributed by atoms with van der Waals surface area (Å²) in [7, 11) is 0. The van der Waals surface area contributed by atoms with Gasteiger partial charge in [-0.2, -0.15) is 0 Å². The summed E-state index contributed by atoms with van der Waals surface area (Å²) in [6, 6.07) is 1.99. The van der Waals surface area contributed by atoms with Crippen LogP contribution >= 0.6 is 11.6 Å². The molecular formula is C15H21ClN2OS. The maximum absolute atomic E-state index is 12.4. The first-order chi connectivity index (χ1) is 9.17. The van der Waals surface area contributed by atoms with Crippen molar-refractivity contribution in [2.24, 2.45) is 0 Å². The number of fused-ring (bicyclic) bond motifs is 1. The Morgan fingerprint density at radius 2 is 2.20 bits per heavy atom. The highest BCUT2D eigenvalue weighted by Crippen LogP contribution is 2.41. The first-order valence-corrected chi connectivity index (χ1v) is 8.22. The Morgan fingerprint density at radius 3 is 2.75 bits per heavy atom. The molecule has 3 nitrogen and oxygen atoms in total. The lowest BCUT2D eigenvalue weighted by atomic mass is 9.96. The lowest BCUT2D eigenvalue weighted by Crippen LogP contribution is -2.48. The molecule has 0 saturated carbocycles. The van der Waals surface area contributed by atoms with Crippen molar-refractivity contribution in [3.63, 3.8) is 0 Å². The molecule has 1 heterocycles. The number of nitrogens with one attached hydrogen (secondary N) is 1. The van der Waals surface area contributed by atoms with Gasteiger partial charge in [0.05, 0.1) is 11.2 Å². The van der Waals surface area contributed by atoms with Crippen molar-refractivity contribution in [1.82, 2.24) is 9.71 Å². The molecule has 1 aromatic heterocycles. The van der Waals surface area contributed by atoms with E-state index < -0.39 is 11.4 Å². The molecule has 0 spiro atoms. The number of pyridine rings is 1. The van der Waals surface area contributed by atoms with Gasteiger partial charge in [0.1, 0.15) is 9.90 Å². The van der Waals surface area contributed by atoms with Crippen LogP contribution in [-0.4, -0.2) is 14.3 Å². The molecule has 1 aliphatic carbocycles. The van der Waals surface area contributed by atoms with Crippen molar-refractivity contribution < 1.29 is 4.55 Å². The molecule has 0 fully saturated rings. The van der Waals surface area contributed by atoms with Gasteiger partial charge in [-0.3, -0.25) is 0 Å². The number of hydrogen-bond donors (Lipinski definition) is 1. The van der Waals surface area contributed by atoms with E-state index in [1.165, 1.54) is 0 Å². The van der Waals surface area contributed by atoms with Gasteiger partial charge in [0.25, 0.3) is 0 Å². The number of hydrogen-bond acceptors (Lipinski definition) is 3. The number of rotatable bonds is 3. The molecule has 20 heavy (non-hydrogen) atoms. The van der Waals surface area contributed by atoms with Gasteiger partial charge in [0, 0.05) is 11.4 Å². The van der Waals surface area contributed by atoms with Crippen molar-refractivity contribution in [2.45, 2.75) is 50.8 Å². The zero-order chi connectivity index (χ0) is 15.1. The van der Waals surface area contributed by atoms with Crippen molar-refractivity contribution in [3.8, 4) is 0 Å². The van der Waals surface area contributed by atoms with Gasteiger partial charge >= 0.3 is 0 Å². The van der Waals surface area contributed by atoms with E-state index in [0.29, 0.717) is 5.15 Å². The predicted octanol–water partition coefficient (Wildman–Crippen LogP) is 3.59. The van der Waals surface area contributed by atoms with Crippen LogP contribution in [0.15, 0.2) is 12.6 Å². The molecule has 5 heteroatoms. The Balaban J connectivity index is 2.39. The fraction of sp³-hybridized carbons (Fsp3) is 0.533. The van der Waals surface area contributed by atoms with Crippen LogP contribution in [0.2, 0.25) is 5.15 Å². The zero-order valence-corrected chi connectivity index (χ0v) is 14.0. The average molecular weight is 313 g/mol. The molecule has 2 rings (SSSR count). The molecule has 0 bridgehead atoms. The monoisotopic (exact) mass is 312 g/mol. The summed E-state index contributed by atoms with van der Waals surface area (Å²) >= 11 is 5.12. The normalized spacial score (nSPS) is 23.5. The van der Waals surface area contributed by atoms with E-state index in [1.54, 1.807) is 6.08 Å². The SMILES string of the molecule is C=Cc1cc2c(c(Cl)n1)CCC2(C)N[S+]([O-])C(C)(C)C. The average Bonchev–Trinajstić information content (AvgIpc) is 2.66. The van der Waals surface area contributed by atoms with Gasteiger partial charge < -0.3 is 4.55 Å². The Labute approximate surface area is 129 Å². The van der Waals surface area contributed by atoms with E-state index in [-0.39, 0.29) is 10.3 Å². The van der Waals surface area contributed by atoms with Crippen LogP contribution < -0.4 is 4.72 Å². The van der Waals surface area contributed by atoms with Crippen molar-refractivity contribution >= 4 is 29.0 Å². The van der Waals surface area contributed by atoms with Gasteiger partial charge in [-0.15, -0.1) is 4.72 Å². The van der Waals surface area contributed by atoms with E-state index in [4.69, 9.17) is 11.6 Å². The highest BCUT2D eigenvalue weighted by molar-refractivity contribution is 7.90. The lowest BCUT2D eigenvalue weighted by molar-refractivity contribution is 0.419. The highest BCUT2D eigenvalue weighted by atomic mass is 35.5. The first kappa shape index (κ1) is 15.8. The quantitative estimate of drug-likeness (QED) is 0.685. The van der Waals surface area contributed by atoms with E-state index in [2.05, 4.69) is 23.2 Å². The third-order valence-corrected chi connectivity index (χ3v) is 5.71. The van der Waals surface area contributed by atoms with E-state index in [0.717, 1.165) is 29.7 Å². The van der Waals surface area contributed by atoms with Gasteiger partial charge in [0.15, 0.2) is 0 Å². The minimum atomic E-state index is -1.13. The van der Waals surface area contributed by atoms with Gasteiger partial charge in [-0.05, 0) is 63.8 Å². The third-order valence-electron chi connectivity index (χ3n) is 3.65. The standard InChI is InChI=1S/C15H21ClN2OS/c1-6-10-9-12-11(13(16)17-10)7-8-15(12,5)18-20(19)14(2,3)4/h6,9,18H,1,7-8H2,2-5H3. The number of aromatic nitrogens is 1. The van der Waals surface area contributed by atoms with Crippen LogP contribution in [0.4, 0.5) is 0 Å². The molecule has 0 amide bonds. The molecular weight excluding hydrogens is 292 g/mol. The summed E-state index contributed by atoms with van der Waals surface area (Å²) in [6.45, 7) is 11.7. The topological polar surface area (TPSA) is 48.0 Å². The van der Waals surface area contributed by atoms with Crippen molar-refractivity contribution in [1.29, 1.82) is 0 Å². The van der Waals surface area contributed by atoms with Crippen LogP contribution in [0.1, 0.15) is 50.9 Å². The maximum atomic E-state index is 12.4. The molecule has 110 valence electrons. The molecule has 1 N–H and O–H groups in total. The van der Waals surface area contributed by atoms with Crippen LogP contribution in [0.5, 0.6) is 0 Å². The van der Waals surface area contributed by atoms with Gasteiger partial charge in [0.2, 0.25) is 0 Å². The first-order valence-electron chi connectivity index (χ1n) is 6.69. The zero-order valence-electron chi connectivity index (χ0n) is 12.4. The largest absolute Gasteiger partial charge is 0.598 e. The Kier molecular flexibility index (Phi) is 4.22. The second kappa shape index (κ2) is 5.34. The minimum Gasteiger partial charge on any atom is -0.598 e. The number of nitrogens with zero attached hydrogens (tertiary/aromatic N) is 1. The Morgan fingerprint density at radius 1 is 1.55 bits per heavy atom. The van der Waals surface area contributed by atoms with Crippen LogP contribution in [-0.2, 0) is 23.3 Å². The predicted molar refractivity (Wildman–Crippen MR) is 86.0 cm³/mol. The second-order valence-electron chi connectivity index (χ2n) is 6.38. The van der Waals surface area contributed by atoms with Gasteiger partial charge in [-0.25, -0.2) is 4.98 Å². The summed E-state index contributed by atoms with van der Waals surface area (Å²) in [5.41, 5.74) is 2.56. The van der Waals surface area contributed by atoms with Gasteiger partial charge in [-0.1, -0.05) is 18.2 Å². The maximum Gasteiger partial charge on any atom is 0.136 e. The third kappa shape index (κ3) is 2.89. The molecule has 1 aromatic rings. The van der Waals surface area contributed by atoms with E-state index in [1.807, 2.05) is 26.8 Å². The summed E-state index contributed by atoms with van der Waals surface area (Å²) in [5, 5.41) is 0.532. The molecule has 0 saturated heterocycles. The molecule has 0 aromatic carbocycles. The van der Waals surface area contributed by atoms with Crippen LogP contribution in [0.3, 0.4) is 0 Å². The second-order valence-corrected chi connectivity index (χ2v) is 8.71. The Bertz CT molecular complexity index is 541. The fourth-order valence-corrected chi connectivity index (χ4v) is 3.59. The van der Waals surface area contributed by atoms with Crippen LogP contribution in [0, 0.1) is 0 Å². The molecule has 0 aliphatic heterocycles. The molecule has 0 radical (unpaired) electrons. The molecule has 2 unspecified atom stereocenters. The molecule has 1 aliphatic rings.